The van der Waals surface area contributed by atoms with Crippen LogP contribution in [0.3, 0.4) is 0 Å². The van der Waals surface area contributed by atoms with E-state index in [0.29, 0.717) is 23.8 Å². The SMILES string of the molecule is CN(C)c1cccc(CCOc2ccc(C(=O)N/C(=C\c3ccc(C4CC4)cc3)C(=O)NCCO)cc2)c1. The van der Waals surface area contributed by atoms with E-state index in [1.807, 2.05) is 32.3 Å². The molecule has 1 fully saturated rings. The predicted molar refractivity (Wildman–Crippen MR) is 150 cm³/mol. The summed E-state index contributed by atoms with van der Waals surface area (Å²) in [6.45, 7) is 0.420. The number of amides is 2. The van der Waals surface area contributed by atoms with Crippen LogP contribution in [0.5, 0.6) is 5.75 Å². The van der Waals surface area contributed by atoms with Crippen molar-refractivity contribution in [2.24, 2.45) is 0 Å². The van der Waals surface area contributed by atoms with Gasteiger partial charge in [-0.3, -0.25) is 9.59 Å². The highest BCUT2D eigenvalue weighted by molar-refractivity contribution is 6.05. The van der Waals surface area contributed by atoms with E-state index in [4.69, 9.17) is 9.84 Å². The van der Waals surface area contributed by atoms with Gasteiger partial charge in [0.05, 0.1) is 13.2 Å². The van der Waals surface area contributed by atoms with Gasteiger partial charge < -0.3 is 25.4 Å². The molecule has 0 atom stereocenters. The molecule has 0 spiro atoms. The van der Waals surface area contributed by atoms with Crippen molar-refractivity contribution in [1.29, 1.82) is 0 Å². The largest absolute Gasteiger partial charge is 0.493 e. The Morgan fingerprint density at radius 3 is 2.42 bits per heavy atom. The molecule has 3 aromatic rings. The van der Waals surface area contributed by atoms with E-state index >= 15 is 0 Å². The van der Waals surface area contributed by atoms with Gasteiger partial charge in [-0.15, -0.1) is 0 Å². The molecule has 0 heterocycles. The number of nitrogens with one attached hydrogen (secondary N) is 2. The van der Waals surface area contributed by atoms with Gasteiger partial charge in [0.2, 0.25) is 0 Å². The number of benzene rings is 3. The molecule has 0 aromatic heterocycles. The molecule has 38 heavy (non-hydrogen) atoms. The zero-order valence-corrected chi connectivity index (χ0v) is 21.9. The van der Waals surface area contributed by atoms with E-state index in [1.165, 1.54) is 24.0 Å². The third-order valence-electron chi connectivity index (χ3n) is 6.39. The summed E-state index contributed by atoms with van der Waals surface area (Å²) in [6, 6.07) is 23.2. The predicted octanol–water partition coefficient (Wildman–Crippen LogP) is 4.13. The van der Waals surface area contributed by atoms with Gasteiger partial charge in [0, 0.05) is 38.3 Å². The fourth-order valence-electron chi connectivity index (χ4n) is 4.04. The molecule has 0 bridgehead atoms. The van der Waals surface area contributed by atoms with Gasteiger partial charge in [0.15, 0.2) is 0 Å². The molecular weight excluding hydrogens is 478 g/mol. The number of aliphatic hydroxyl groups is 1. The van der Waals surface area contributed by atoms with E-state index in [1.54, 1.807) is 30.3 Å². The van der Waals surface area contributed by atoms with Crippen LogP contribution in [0.4, 0.5) is 5.69 Å². The lowest BCUT2D eigenvalue weighted by atomic mass is 10.1. The van der Waals surface area contributed by atoms with Gasteiger partial charge in [-0.25, -0.2) is 0 Å². The Hall–Kier alpha value is -4.10. The van der Waals surface area contributed by atoms with Crippen molar-refractivity contribution in [3.8, 4) is 5.75 Å². The maximum absolute atomic E-state index is 12.9. The second kappa shape index (κ2) is 12.9. The van der Waals surface area contributed by atoms with Crippen LogP contribution in [-0.2, 0) is 11.2 Å². The van der Waals surface area contributed by atoms with Crippen LogP contribution in [0, 0.1) is 0 Å². The molecule has 0 aliphatic heterocycles. The Morgan fingerprint density at radius 1 is 1.03 bits per heavy atom. The fraction of sp³-hybridized carbons (Fsp3) is 0.290. The van der Waals surface area contributed by atoms with Gasteiger partial charge in [0.1, 0.15) is 11.4 Å². The van der Waals surface area contributed by atoms with Crippen LogP contribution < -0.4 is 20.3 Å². The molecule has 4 rings (SSSR count). The summed E-state index contributed by atoms with van der Waals surface area (Å²) in [5, 5.41) is 14.4. The Morgan fingerprint density at radius 2 is 1.76 bits per heavy atom. The molecule has 0 saturated heterocycles. The number of aliphatic hydroxyl groups excluding tert-OH is 1. The number of carbonyl (C=O) groups excluding carboxylic acids is 2. The summed E-state index contributed by atoms with van der Waals surface area (Å²) in [4.78, 5) is 27.7. The van der Waals surface area contributed by atoms with Crippen molar-refractivity contribution in [2.75, 3.05) is 38.8 Å². The van der Waals surface area contributed by atoms with Crippen LogP contribution in [0.25, 0.3) is 6.08 Å². The molecule has 0 radical (unpaired) electrons. The van der Waals surface area contributed by atoms with Gasteiger partial charge in [-0.2, -0.15) is 0 Å². The zero-order valence-electron chi connectivity index (χ0n) is 21.9. The van der Waals surface area contributed by atoms with Gasteiger partial charge >= 0.3 is 0 Å². The molecule has 7 nitrogen and oxygen atoms in total. The third kappa shape index (κ3) is 7.70. The van der Waals surface area contributed by atoms with Gasteiger partial charge in [-0.1, -0.05) is 36.4 Å². The molecule has 0 unspecified atom stereocenters. The highest BCUT2D eigenvalue weighted by atomic mass is 16.5. The molecule has 7 heteroatoms. The zero-order chi connectivity index (χ0) is 26.9. The minimum absolute atomic E-state index is 0.0954. The van der Waals surface area contributed by atoms with Crippen LogP contribution in [-0.4, -0.2) is 50.8 Å². The summed E-state index contributed by atoms with van der Waals surface area (Å²) < 4.78 is 5.87. The van der Waals surface area contributed by atoms with E-state index in [-0.39, 0.29) is 18.8 Å². The first-order valence-electron chi connectivity index (χ1n) is 12.9. The lowest BCUT2D eigenvalue weighted by Crippen LogP contribution is -2.36. The molecule has 1 aliphatic carbocycles. The summed E-state index contributed by atoms with van der Waals surface area (Å²) in [5.41, 5.74) is 4.95. The average Bonchev–Trinajstić information content (AvgIpc) is 3.78. The van der Waals surface area contributed by atoms with E-state index in [2.05, 4.69) is 45.9 Å². The molecule has 198 valence electrons. The quantitative estimate of drug-likeness (QED) is 0.317. The third-order valence-corrected chi connectivity index (χ3v) is 6.39. The molecule has 3 N–H and O–H groups in total. The molecule has 1 saturated carbocycles. The first-order valence-corrected chi connectivity index (χ1v) is 12.9. The molecule has 3 aromatic carbocycles. The summed E-state index contributed by atoms with van der Waals surface area (Å²) in [6.07, 6.45) is 4.84. The first kappa shape index (κ1) is 26.9. The van der Waals surface area contributed by atoms with Crippen molar-refractivity contribution in [3.05, 3.63) is 101 Å². The maximum atomic E-state index is 12.9. The van der Waals surface area contributed by atoms with Crippen LogP contribution in [0.2, 0.25) is 0 Å². The van der Waals surface area contributed by atoms with Gasteiger partial charge in [-0.05, 0) is 77.9 Å². The Labute approximate surface area is 224 Å². The summed E-state index contributed by atoms with van der Waals surface area (Å²) in [5.74, 6) is 0.438. The number of hydrogen-bond acceptors (Lipinski definition) is 5. The second-order valence-corrected chi connectivity index (χ2v) is 9.62. The van der Waals surface area contributed by atoms with Crippen molar-refractivity contribution in [1.82, 2.24) is 10.6 Å². The minimum atomic E-state index is -0.461. The highest BCUT2D eigenvalue weighted by Crippen LogP contribution is 2.39. The standard InChI is InChI=1S/C31H35N3O4/c1-34(2)27-5-3-4-22(20-27)16-19-38-28-14-12-26(13-15-28)30(36)33-29(31(37)32-17-18-35)21-23-6-8-24(9-7-23)25-10-11-25/h3-9,12-15,20-21,25,35H,10-11,16-19H2,1-2H3,(H,32,37)(H,33,36)/b29-21-. The maximum Gasteiger partial charge on any atom is 0.267 e. The van der Waals surface area contributed by atoms with Crippen LogP contribution in [0.1, 0.15) is 45.8 Å². The summed E-state index contributed by atoms with van der Waals surface area (Å²) >= 11 is 0. The lowest BCUT2D eigenvalue weighted by Gasteiger charge is -2.14. The number of ether oxygens (including phenoxy) is 1. The fourth-order valence-corrected chi connectivity index (χ4v) is 4.04. The van der Waals surface area contributed by atoms with Crippen molar-refractivity contribution in [2.45, 2.75) is 25.2 Å². The molecular formula is C31H35N3O4. The number of hydrogen-bond donors (Lipinski definition) is 3. The van der Waals surface area contributed by atoms with Crippen molar-refractivity contribution < 1.29 is 19.4 Å². The normalized spacial score (nSPS) is 13.1. The van der Waals surface area contributed by atoms with E-state index < -0.39 is 11.8 Å². The number of nitrogens with zero attached hydrogens (tertiary/aromatic N) is 1. The number of rotatable bonds is 12. The average molecular weight is 514 g/mol. The Balaban J connectivity index is 1.37. The minimum Gasteiger partial charge on any atom is -0.493 e. The topological polar surface area (TPSA) is 90.9 Å². The molecule has 2 amide bonds. The highest BCUT2D eigenvalue weighted by Gasteiger charge is 2.23. The Kier molecular flexibility index (Phi) is 9.16. The van der Waals surface area contributed by atoms with Crippen molar-refractivity contribution >= 4 is 23.6 Å². The Bertz CT molecular complexity index is 1260. The summed E-state index contributed by atoms with van der Waals surface area (Å²) in [7, 11) is 4.03. The monoisotopic (exact) mass is 513 g/mol. The molecule has 1 aliphatic rings. The van der Waals surface area contributed by atoms with Crippen LogP contribution >= 0.6 is 0 Å². The van der Waals surface area contributed by atoms with E-state index in [9.17, 15) is 9.59 Å². The smallest absolute Gasteiger partial charge is 0.267 e. The first-order chi connectivity index (χ1) is 18.4. The number of anilines is 1. The second-order valence-electron chi connectivity index (χ2n) is 9.62. The van der Waals surface area contributed by atoms with Crippen LogP contribution in [0.15, 0.2) is 78.5 Å². The van der Waals surface area contributed by atoms with Gasteiger partial charge in [0.25, 0.3) is 11.8 Å². The van der Waals surface area contributed by atoms with E-state index in [0.717, 1.165) is 17.7 Å². The lowest BCUT2D eigenvalue weighted by molar-refractivity contribution is -0.117. The van der Waals surface area contributed by atoms with Crippen molar-refractivity contribution in [3.63, 3.8) is 0 Å². The number of carbonyl (C=O) groups is 2.